The van der Waals surface area contributed by atoms with Crippen molar-refractivity contribution in [2.75, 3.05) is 19.9 Å². The highest BCUT2D eigenvalue weighted by Crippen LogP contribution is 2.27. The highest BCUT2D eigenvalue weighted by atomic mass is 32.2. The van der Waals surface area contributed by atoms with Crippen molar-refractivity contribution in [3.8, 4) is 5.75 Å². The number of benzene rings is 1. The third-order valence-electron chi connectivity index (χ3n) is 3.88. The lowest BCUT2D eigenvalue weighted by Gasteiger charge is -2.16. The number of sulfone groups is 1. The third-order valence-corrected chi connectivity index (χ3v) is 5.01. The first-order chi connectivity index (χ1) is 11.7. The molecule has 138 valence electrons. The number of nitrogens with one attached hydrogen (secondary N) is 1. The van der Waals surface area contributed by atoms with Gasteiger partial charge >= 0.3 is 0 Å². The maximum Gasteiger partial charge on any atom is 0.227 e. The molecule has 2 rings (SSSR count). The molecule has 1 unspecified atom stereocenters. The van der Waals surface area contributed by atoms with Gasteiger partial charge in [-0.2, -0.15) is 4.98 Å². The van der Waals surface area contributed by atoms with Crippen LogP contribution in [0.4, 0.5) is 0 Å². The van der Waals surface area contributed by atoms with Crippen LogP contribution in [0.15, 0.2) is 27.6 Å². The average molecular weight is 367 g/mol. The second kappa shape index (κ2) is 7.97. The van der Waals surface area contributed by atoms with Crippen LogP contribution in [0.2, 0.25) is 0 Å². The van der Waals surface area contributed by atoms with Gasteiger partial charge in [0.25, 0.3) is 0 Å². The lowest BCUT2D eigenvalue weighted by atomic mass is 10.1. The largest absolute Gasteiger partial charge is 0.495 e. The van der Waals surface area contributed by atoms with E-state index in [0.29, 0.717) is 30.4 Å². The van der Waals surface area contributed by atoms with Gasteiger partial charge in [0.15, 0.2) is 15.7 Å². The topological polar surface area (TPSA) is 94.3 Å². The first-order valence-electron chi connectivity index (χ1n) is 8.16. The molecular formula is C17H25N3O4S. The Labute approximate surface area is 148 Å². The van der Waals surface area contributed by atoms with Gasteiger partial charge in [-0.1, -0.05) is 25.1 Å². The highest BCUT2D eigenvalue weighted by molar-refractivity contribution is 7.90. The van der Waals surface area contributed by atoms with Crippen LogP contribution >= 0.6 is 0 Å². The Morgan fingerprint density at radius 3 is 2.56 bits per heavy atom. The van der Waals surface area contributed by atoms with E-state index in [1.165, 1.54) is 13.4 Å². The lowest BCUT2D eigenvalue weighted by molar-refractivity contribution is 0.366. The molecule has 7 nitrogen and oxygen atoms in total. The Hall–Kier alpha value is -1.93. The van der Waals surface area contributed by atoms with Crippen LogP contribution in [0.1, 0.15) is 50.0 Å². The Bertz CT molecular complexity index is 815. The molecule has 0 aliphatic rings. The molecule has 0 aliphatic carbocycles. The molecule has 1 aromatic heterocycles. The molecule has 0 fully saturated rings. The minimum Gasteiger partial charge on any atom is -0.495 e. The molecule has 0 bridgehead atoms. The molecule has 0 spiro atoms. The Balaban J connectivity index is 1.99. The smallest absolute Gasteiger partial charge is 0.227 e. The molecule has 8 heteroatoms. The zero-order valence-corrected chi connectivity index (χ0v) is 16.1. The van der Waals surface area contributed by atoms with E-state index in [0.717, 1.165) is 5.56 Å². The van der Waals surface area contributed by atoms with Gasteiger partial charge < -0.3 is 14.6 Å². The van der Waals surface area contributed by atoms with Crippen molar-refractivity contribution < 1.29 is 17.7 Å². The van der Waals surface area contributed by atoms with Crippen LogP contribution in [-0.4, -0.2) is 38.5 Å². The summed E-state index contributed by atoms with van der Waals surface area (Å²) in [6.45, 7) is 6.70. The summed E-state index contributed by atoms with van der Waals surface area (Å²) < 4.78 is 33.9. The van der Waals surface area contributed by atoms with Gasteiger partial charge in [-0.25, -0.2) is 8.42 Å². The van der Waals surface area contributed by atoms with Crippen molar-refractivity contribution in [1.29, 1.82) is 0 Å². The number of aromatic nitrogens is 2. The Morgan fingerprint density at radius 1 is 1.28 bits per heavy atom. The molecule has 2 aromatic rings. The van der Waals surface area contributed by atoms with Gasteiger partial charge in [-0.05, 0) is 24.6 Å². The summed E-state index contributed by atoms with van der Waals surface area (Å²) in [4.78, 5) is 4.53. The summed E-state index contributed by atoms with van der Waals surface area (Å²) in [5, 5.41) is 7.30. The standard InChI is InChI=1S/C17H25N3O4S/c1-11(2)17-19-16(24-20-17)8-9-18-12(3)13-6-7-15(25(5,21)22)14(10-13)23-4/h6-7,10-12,18H,8-9H2,1-5H3. The molecule has 0 saturated heterocycles. The average Bonchev–Trinajstić information content (AvgIpc) is 3.02. The second-order valence-corrected chi connectivity index (χ2v) is 8.29. The van der Waals surface area contributed by atoms with E-state index in [2.05, 4.69) is 15.5 Å². The molecule has 0 radical (unpaired) electrons. The number of ether oxygens (including phenoxy) is 1. The number of hydrogen-bond acceptors (Lipinski definition) is 7. The van der Waals surface area contributed by atoms with E-state index in [-0.39, 0.29) is 16.9 Å². The van der Waals surface area contributed by atoms with E-state index in [9.17, 15) is 8.42 Å². The van der Waals surface area contributed by atoms with Crippen molar-refractivity contribution in [1.82, 2.24) is 15.5 Å². The summed E-state index contributed by atoms with van der Waals surface area (Å²) in [6.07, 6.45) is 1.80. The molecule has 0 amide bonds. The molecule has 1 aromatic carbocycles. The quantitative estimate of drug-likeness (QED) is 0.766. The molecule has 1 atom stereocenters. The minimum absolute atomic E-state index is 0.0231. The first-order valence-corrected chi connectivity index (χ1v) is 10.1. The normalized spacial score (nSPS) is 13.2. The summed E-state index contributed by atoms with van der Waals surface area (Å²) in [7, 11) is -1.85. The predicted molar refractivity (Wildman–Crippen MR) is 94.6 cm³/mol. The van der Waals surface area contributed by atoms with Crippen LogP contribution in [-0.2, 0) is 16.3 Å². The Morgan fingerprint density at radius 2 is 2.00 bits per heavy atom. The van der Waals surface area contributed by atoms with E-state index >= 15 is 0 Å². The lowest BCUT2D eigenvalue weighted by Crippen LogP contribution is -2.21. The van der Waals surface area contributed by atoms with Gasteiger partial charge in [0.1, 0.15) is 10.6 Å². The van der Waals surface area contributed by atoms with E-state index in [1.807, 2.05) is 20.8 Å². The van der Waals surface area contributed by atoms with Gasteiger partial charge in [-0.15, -0.1) is 0 Å². The van der Waals surface area contributed by atoms with Crippen molar-refractivity contribution in [2.24, 2.45) is 0 Å². The number of methoxy groups -OCH3 is 1. The first kappa shape index (κ1) is 19.4. The molecular weight excluding hydrogens is 342 g/mol. The monoisotopic (exact) mass is 367 g/mol. The van der Waals surface area contributed by atoms with Crippen molar-refractivity contribution in [3.05, 3.63) is 35.5 Å². The molecule has 0 saturated carbocycles. The fourth-order valence-electron chi connectivity index (χ4n) is 2.38. The minimum atomic E-state index is -3.32. The van der Waals surface area contributed by atoms with Crippen LogP contribution in [0.25, 0.3) is 0 Å². The van der Waals surface area contributed by atoms with E-state index in [4.69, 9.17) is 9.26 Å². The van der Waals surface area contributed by atoms with Crippen LogP contribution in [0.3, 0.4) is 0 Å². The van der Waals surface area contributed by atoms with Crippen molar-refractivity contribution in [2.45, 2.75) is 44.0 Å². The summed E-state index contributed by atoms with van der Waals surface area (Å²) in [5.74, 6) is 1.91. The third kappa shape index (κ3) is 5.02. The van der Waals surface area contributed by atoms with E-state index in [1.54, 1.807) is 18.2 Å². The van der Waals surface area contributed by atoms with Gasteiger partial charge in [0.05, 0.1) is 7.11 Å². The number of rotatable bonds is 8. The van der Waals surface area contributed by atoms with E-state index < -0.39 is 9.84 Å². The predicted octanol–water partition coefficient (Wildman–Crippen LogP) is 2.50. The Kier molecular flexibility index (Phi) is 6.18. The molecule has 25 heavy (non-hydrogen) atoms. The van der Waals surface area contributed by atoms with Gasteiger partial charge in [-0.3, -0.25) is 0 Å². The maximum atomic E-state index is 11.8. The van der Waals surface area contributed by atoms with Crippen LogP contribution in [0.5, 0.6) is 5.75 Å². The maximum absolute atomic E-state index is 11.8. The number of hydrogen-bond donors (Lipinski definition) is 1. The van der Waals surface area contributed by atoms with Crippen LogP contribution < -0.4 is 10.1 Å². The summed E-state index contributed by atoms with van der Waals surface area (Å²) in [6, 6.07) is 5.14. The molecule has 1 heterocycles. The zero-order chi connectivity index (χ0) is 18.6. The summed E-state index contributed by atoms with van der Waals surface area (Å²) in [5.41, 5.74) is 0.942. The fourth-order valence-corrected chi connectivity index (χ4v) is 3.20. The zero-order valence-electron chi connectivity index (χ0n) is 15.2. The molecule has 1 N–H and O–H groups in total. The van der Waals surface area contributed by atoms with Crippen LogP contribution in [0, 0.1) is 0 Å². The van der Waals surface area contributed by atoms with Gasteiger partial charge in [0, 0.05) is 31.2 Å². The second-order valence-electron chi connectivity index (χ2n) is 6.31. The van der Waals surface area contributed by atoms with Crippen molar-refractivity contribution in [3.63, 3.8) is 0 Å². The van der Waals surface area contributed by atoms with Gasteiger partial charge in [0.2, 0.25) is 5.89 Å². The summed E-state index contributed by atoms with van der Waals surface area (Å²) >= 11 is 0. The SMILES string of the molecule is COc1cc(C(C)NCCc2nc(C(C)C)no2)ccc1S(C)(=O)=O. The number of nitrogens with zero attached hydrogens (tertiary/aromatic N) is 2. The highest BCUT2D eigenvalue weighted by Gasteiger charge is 2.16. The molecule has 0 aliphatic heterocycles. The van der Waals surface area contributed by atoms with Crippen molar-refractivity contribution >= 4 is 9.84 Å². The fraction of sp³-hybridized carbons (Fsp3) is 0.529.